The number of hydrogen-bond donors (Lipinski definition) is 4. The van der Waals surface area contributed by atoms with Gasteiger partial charge in [0.05, 0.1) is 35.8 Å². The summed E-state index contributed by atoms with van der Waals surface area (Å²) in [5, 5.41) is 33.8. The molecule has 5 atom stereocenters. The van der Waals surface area contributed by atoms with E-state index in [2.05, 4.69) is 15.3 Å². The lowest BCUT2D eigenvalue weighted by Crippen LogP contribution is -2.53. The third kappa shape index (κ3) is 4.20. The molecule has 2 fully saturated rings. The predicted octanol–water partition coefficient (Wildman–Crippen LogP) is -0.289. The first-order valence-electron chi connectivity index (χ1n) is 11.4. The Bertz CT molecular complexity index is 1160. The van der Waals surface area contributed by atoms with Crippen LogP contribution in [-0.2, 0) is 9.53 Å². The van der Waals surface area contributed by atoms with Crippen LogP contribution in [0.2, 0.25) is 0 Å². The van der Waals surface area contributed by atoms with Gasteiger partial charge < -0.3 is 25.0 Å². The summed E-state index contributed by atoms with van der Waals surface area (Å²) in [4.78, 5) is 33.9. The second-order valence-electron chi connectivity index (χ2n) is 8.92. The van der Waals surface area contributed by atoms with Gasteiger partial charge in [0.15, 0.2) is 0 Å². The van der Waals surface area contributed by atoms with E-state index in [0.29, 0.717) is 43.7 Å². The molecule has 3 aliphatic rings. The highest BCUT2D eigenvalue weighted by atomic mass is 32.1. The molecule has 34 heavy (non-hydrogen) atoms. The Morgan fingerprint density at radius 2 is 2.00 bits per heavy atom. The Kier molecular flexibility index (Phi) is 6.34. The lowest BCUT2D eigenvalue weighted by Gasteiger charge is -2.33. The predicted molar refractivity (Wildman–Crippen MR) is 126 cm³/mol. The van der Waals surface area contributed by atoms with E-state index in [0.717, 1.165) is 21.6 Å². The van der Waals surface area contributed by atoms with Crippen LogP contribution < -0.4 is 5.32 Å². The number of nitrogens with zero attached hydrogens (tertiary/aromatic N) is 5. The fourth-order valence-electron chi connectivity index (χ4n) is 4.70. The number of aliphatic hydroxyl groups excluding tert-OH is 3. The number of ether oxygens (including phenoxy) is 1. The molecule has 2 aromatic rings. The average Bonchev–Trinajstić information content (AvgIpc) is 3.35. The van der Waals surface area contributed by atoms with Crippen LogP contribution in [0.1, 0.15) is 28.7 Å². The lowest BCUT2D eigenvalue weighted by molar-refractivity contribution is -0.120. The van der Waals surface area contributed by atoms with Gasteiger partial charge in [-0.2, -0.15) is 4.99 Å². The number of morpholine rings is 1. The van der Waals surface area contributed by atoms with Gasteiger partial charge >= 0.3 is 0 Å². The molecular formula is C22H28N6O5S. The molecule has 1 unspecified atom stereocenters. The topological polar surface area (TPSA) is 153 Å². The van der Waals surface area contributed by atoms with Crippen molar-refractivity contribution in [1.82, 2.24) is 20.2 Å². The van der Waals surface area contributed by atoms with Gasteiger partial charge in [0.25, 0.3) is 0 Å². The third-order valence-corrected chi connectivity index (χ3v) is 7.60. The van der Waals surface area contributed by atoms with Crippen molar-refractivity contribution in [3.63, 3.8) is 0 Å². The van der Waals surface area contributed by atoms with E-state index in [9.17, 15) is 20.1 Å². The molecule has 0 spiro atoms. The lowest BCUT2D eigenvalue weighted by atomic mass is 10.1. The van der Waals surface area contributed by atoms with Crippen LogP contribution in [-0.4, -0.2) is 99.0 Å². The van der Waals surface area contributed by atoms with Crippen molar-refractivity contribution in [2.45, 2.75) is 44.4 Å². The highest BCUT2D eigenvalue weighted by Gasteiger charge is 2.43. The number of aromatic nitrogens is 2. The largest absolute Gasteiger partial charge is 0.396 e. The number of carbonyl (C=O) groups excluding carboxylic acids is 1. The van der Waals surface area contributed by atoms with Crippen molar-refractivity contribution in [2.75, 3.05) is 32.9 Å². The van der Waals surface area contributed by atoms with Gasteiger partial charge in [-0.05, 0) is 26.3 Å². The molecule has 0 bridgehead atoms. The Labute approximate surface area is 200 Å². The summed E-state index contributed by atoms with van der Waals surface area (Å²) < 4.78 is 6.33. The Morgan fingerprint density at radius 3 is 2.71 bits per heavy atom. The number of aryl methyl sites for hydroxylation is 2. The zero-order valence-electron chi connectivity index (χ0n) is 19.0. The molecule has 1 saturated heterocycles. The maximum absolute atomic E-state index is 13.4. The van der Waals surface area contributed by atoms with E-state index >= 15 is 0 Å². The maximum Gasteiger partial charge on any atom is 0.244 e. The van der Waals surface area contributed by atoms with Crippen LogP contribution >= 0.6 is 11.3 Å². The van der Waals surface area contributed by atoms with E-state index in [4.69, 9.17) is 14.7 Å². The van der Waals surface area contributed by atoms with Gasteiger partial charge in [0.1, 0.15) is 28.4 Å². The first-order chi connectivity index (χ1) is 16.4. The number of aliphatic hydroxyl groups is 3. The number of pyridine rings is 1. The zero-order valence-corrected chi connectivity index (χ0v) is 19.8. The van der Waals surface area contributed by atoms with E-state index in [1.165, 1.54) is 11.3 Å². The minimum absolute atomic E-state index is 0.237. The summed E-state index contributed by atoms with van der Waals surface area (Å²) in [6.45, 7) is 5.76. The van der Waals surface area contributed by atoms with E-state index in [1.54, 1.807) is 0 Å². The smallest absolute Gasteiger partial charge is 0.244 e. The van der Waals surface area contributed by atoms with Gasteiger partial charge in [0.2, 0.25) is 11.9 Å². The maximum atomic E-state index is 13.4. The van der Waals surface area contributed by atoms with Crippen LogP contribution in [0.4, 0.5) is 0 Å². The van der Waals surface area contributed by atoms with Crippen molar-refractivity contribution in [1.29, 1.82) is 0 Å². The van der Waals surface area contributed by atoms with Crippen molar-refractivity contribution in [3.8, 4) is 0 Å². The van der Waals surface area contributed by atoms with Gasteiger partial charge in [-0.3, -0.25) is 20.1 Å². The fraction of sp³-hybridized carbons (Fsp3) is 0.591. The second-order valence-corrected chi connectivity index (χ2v) is 9.98. The molecular weight excluding hydrogens is 460 g/mol. The molecule has 1 amide bonds. The Balaban J connectivity index is 1.57. The van der Waals surface area contributed by atoms with Crippen molar-refractivity contribution >= 4 is 39.3 Å². The van der Waals surface area contributed by atoms with Crippen molar-refractivity contribution < 1.29 is 24.9 Å². The standard InChI is InChI=1S/C22H28N6O5S/c1-10-7-14-16(11(2)23-10)25-21(34-14)15-19(24-13-8-12(9-29)17(30)18(13)31)26-22(27-20(15)32)28-3-5-33-6-4-28/h7,12-13,15,17-18,29-31H,3-6,8-9H2,1-2H3,(H,24,26,27,32)/t12-,13-,15?,17-,18+/m1/s1. The van der Waals surface area contributed by atoms with E-state index < -0.39 is 30.1 Å². The van der Waals surface area contributed by atoms with Crippen LogP contribution in [0.15, 0.2) is 16.1 Å². The number of thiazole rings is 1. The number of carbonyl (C=O) groups is 1. The van der Waals surface area contributed by atoms with Gasteiger partial charge in [-0.1, -0.05) is 0 Å². The number of nitrogens with one attached hydrogen (secondary N) is 1. The highest BCUT2D eigenvalue weighted by Crippen LogP contribution is 2.34. The summed E-state index contributed by atoms with van der Waals surface area (Å²) in [5.41, 5.74) is 2.38. The number of amidine groups is 1. The third-order valence-electron chi connectivity index (χ3n) is 6.53. The minimum atomic E-state index is -1.15. The van der Waals surface area contributed by atoms with Gasteiger partial charge in [-0.15, -0.1) is 11.3 Å². The molecule has 2 aliphatic heterocycles. The number of rotatable bonds is 3. The Hall–Kier alpha value is -2.51. The van der Waals surface area contributed by atoms with E-state index in [1.807, 2.05) is 24.8 Å². The number of hydrogen-bond acceptors (Lipinski definition) is 10. The second kappa shape index (κ2) is 9.27. The average molecular weight is 489 g/mol. The molecule has 4 heterocycles. The fourth-order valence-corrected chi connectivity index (χ4v) is 5.91. The molecule has 0 aromatic carbocycles. The number of aliphatic imine (C=N–C) groups is 2. The summed E-state index contributed by atoms with van der Waals surface area (Å²) in [5.74, 6) is -1.02. The SMILES string of the molecule is Cc1cc2sc(C3C(=O)NC(N4CCOCC4)=NC3=N[C@@H]3C[C@H](CO)[C@@H](O)[C@H]3O)nc2c(C)n1. The quantitative estimate of drug-likeness (QED) is 0.460. The monoisotopic (exact) mass is 488 g/mol. The molecule has 1 saturated carbocycles. The van der Waals surface area contributed by atoms with Crippen LogP contribution in [0.5, 0.6) is 0 Å². The normalized spacial score (nSPS) is 31.3. The van der Waals surface area contributed by atoms with Gasteiger partial charge in [-0.25, -0.2) is 4.98 Å². The first kappa shape index (κ1) is 23.2. The van der Waals surface area contributed by atoms with Crippen LogP contribution in [0.3, 0.4) is 0 Å². The molecule has 11 nitrogen and oxygen atoms in total. The molecule has 2 aromatic heterocycles. The summed E-state index contributed by atoms with van der Waals surface area (Å²) in [6.07, 6.45) is -1.94. The molecule has 4 N–H and O–H groups in total. The van der Waals surface area contributed by atoms with Gasteiger partial charge in [0, 0.05) is 31.3 Å². The number of amides is 1. The summed E-state index contributed by atoms with van der Waals surface area (Å²) in [7, 11) is 0. The minimum Gasteiger partial charge on any atom is -0.396 e. The van der Waals surface area contributed by atoms with Crippen molar-refractivity contribution in [3.05, 3.63) is 22.5 Å². The number of fused-ring (bicyclic) bond motifs is 1. The van der Waals surface area contributed by atoms with E-state index in [-0.39, 0.29) is 18.3 Å². The van der Waals surface area contributed by atoms with Crippen molar-refractivity contribution in [2.24, 2.45) is 15.9 Å². The molecule has 182 valence electrons. The van der Waals surface area contributed by atoms with Crippen LogP contribution in [0.25, 0.3) is 10.2 Å². The highest BCUT2D eigenvalue weighted by molar-refractivity contribution is 7.18. The summed E-state index contributed by atoms with van der Waals surface area (Å²) >= 11 is 1.39. The summed E-state index contributed by atoms with van der Waals surface area (Å²) in [6, 6.07) is 1.25. The Morgan fingerprint density at radius 1 is 1.24 bits per heavy atom. The zero-order chi connectivity index (χ0) is 24.0. The molecule has 12 heteroatoms. The molecule has 1 aliphatic carbocycles. The molecule has 0 radical (unpaired) electrons. The number of guanidine groups is 1. The van der Waals surface area contributed by atoms with Crippen LogP contribution in [0, 0.1) is 19.8 Å². The molecule has 5 rings (SSSR count). The first-order valence-corrected chi connectivity index (χ1v) is 12.2.